The molecule has 0 saturated carbocycles. The number of aromatic nitrogens is 2. The second-order valence-corrected chi connectivity index (χ2v) is 5.68. The van der Waals surface area contributed by atoms with Gasteiger partial charge in [0.1, 0.15) is 6.10 Å². The van der Waals surface area contributed by atoms with Crippen LogP contribution < -0.4 is 5.32 Å². The van der Waals surface area contributed by atoms with Crippen molar-refractivity contribution in [3.8, 4) is 0 Å². The molecule has 2 unspecified atom stereocenters. The molecule has 18 heavy (non-hydrogen) atoms. The van der Waals surface area contributed by atoms with Crippen molar-refractivity contribution in [2.75, 3.05) is 19.7 Å². The molecule has 1 saturated heterocycles. The fraction of sp³-hybridized carbons (Fsp3) is 0.786. The van der Waals surface area contributed by atoms with Crippen LogP contribution in [0.25, 0.3) is 0 Å². The fourth-order valence-corrected chi connectivity index (χ4v) is 2.58. The average Bonchev–Trinajstić information content (AvgIpc) is 2.76. The van der Waals surface area contributed by atoms with Crippen LogP contribution in [0.1, 0.15) is 38.5 Å². The Bertz CT molecular complexity index is 362. The van der Waals surface area contributed by atoms with Gasteiger partial charge in [-0.05, 0) is 25.3 Å². The molecule has 0 bridgehead atoms. The first-order valence-electron chi connectivity index (χ1n) is 6.97. The lowest BCUT2D eigenvalue weighted by molar-refractivity contribution is -0.0318. The number of ether oxygens (including phenoxy) is 1. The number of imidazole rings is 1. The summed E-state index contributed by atoms with van der Waals surface area (Å²) in [6.45, 7) is 7.46. The molecule has 0 radical (unpaired) electrons. The van der Waals surface area contributed by atoms with E-state index in [1.807, 2.05) is 19.6 Å². The van der Waals surface area contributed by atoms with Gasteiger partial charge in [-0.2, -0.15) is 0 Å². The first-order valence-corrected chi connectivity index (χ1v) is 6.97. The molecule has 2 heterocycles. The predicted octanol–water partition coefficient (Wildman–Crippen LogP) is 2.13. The topological polar surface area (TPSA) is 39.1 Å². The van der Waals surface area contributed by atoms with Gasteiger partial charge >= 0.3 is 0 Å². The van der Waals surface area contributed by atoms with E-state index in [-0.39, 0.29) is 6.10 Å². The lowest BCUT2D eigenvalue weighted by Gasteiger charge is -2.32. The van der Waals surface area contributed by atoms with E-state index in [4.69, 9.17) is 4.74 Å². The molecule has 1 aromatic heterocycles. The molecule has 1 aliphatic rings. The predicted molar refractivity (Wildman–Crippen MR) is 72.3 cm³/mol. The first kappa shape index (κ1) is 13.6. The number of nitrogens with zero attached hydrogens (tertiary/aromatic N) is 2. The normalized spacial score (nSPS) is 24.7. The van der Waals surface area contributed by atoms with Crippen LogP contribution in [0.2, 0.25) is 0 Å². The molecule has 1 N–H and O–H groups in total. The molecule has 102 valence electrons. The molecular formula is C14H25N3O. The monoisotopic (exact) mass is 251 g/mol. The number of aryl methyl sites for hydroxylation is 1. The highest BCUT2D eigenvalue weighted by atomic mass is 16.5. The molecule has 2 atom stereocenters. The average molecular weight is 251 g/mol. The van der Waals surface area contributed by atoms with Crippen molar-refractivity contribution in [1.29, 1.82) is 0 Å². The summed E-state index contributed by atoms with van der Waals surface area (Å²) in [6, 6.07) is 0. The van der Waals surface area contributed by atoms with Crippen molar-refractivity contribution in [2.45, 2.75) is 32.8 Å². The summed E-state index contributed by atoms with van der Waals surface area (Å²) in [7, 11) is 2.04. The molecule has 0 aromatic carbocycles. The minimum Gasteiger partial charge on any atom is -0.372 e. The summed E-state index contributed by atoms with van der Waals surface area (Å²) in [5.74, 6) is 1.26. The highest BCUT2D eigenvalue weighted by molar-refractivity contribution is 5.05. The van der Waals surface area contributed by atoms with E-state index in [0.29, 0.717) is 11.8 Å². The van der Waals surface area contributed by atoms with E-state index >= 15 is 0 Å². The maximum absolute atomic E-state index is 5.97. The molecular weight excluding hydrogens is 226 g/mol. The van der Waals surface area contributed by atoms with Gasteiger partial charge < -0.3 is 14.6 Å². The van der Waals surface area contributed by atoms with Crippen LogP contribution >= 0.6 is 0 Å². The Balaban J connectivity index is 1.96. The number of rotatable bonds is 5. The molecule has 1 fully saturated rings. The molecule has 0 spiro atoms. The van der Waals surface area contributed by atoms with Gasteiger partial charge in [0.15, 0.2) is 0 Å². The highest BCUT2D eigenvalue weighted by Gasteiger charge is 2.29. The second kappa shape index (κ2) is 6.34. The Morgan fingerprint density at radius 3 is 3.06 bits per heavy atom. The van der Waals surface area contributed by atoms with Gasteiger partial charge in [0.25, 0.3) is 0 Å². The summed E-state index contributed by atoms with van der Waals surface area (Å²) in [6.07, 6.45) is 6.40. The van der Waals surface area contributed by atoms with Crippen molar-refractivity contribution in [1.82, 2.24) is 14.9 Å². The van der Waals surface area contributed by atoms with Crippen LogP contribution in [0, 0.1) is 11.8 Å². The molecule has 1 aliphatic heterocycles. The van der Waals surface area contributed by atoms with Crippen molar-refractivity contribution in [3.05, 3.63) is 18.2 Å². The minimum absolute atomic E-state index is 0.200. The van der Waals surface area contributed by atoms with Gasteiger partial charge in [-0.3, -0.25) is 0 Å². The molecule has 2 rings (SSSR count). The molecule has 4 nitrogen and oxygen atoms in total. The Morgan fingerprint density at radius 2 is 2.39 bits per heavy atom. The lowest BCUT2D eigenvalue weighted by Crippen LogP contribution is -2.34. The van der Waals surface area contributed by atoms with Gasteiger partial charge in [-0.25, -0.2) is 4.98 Å². The number of nitrogens with one attached hydrogen (secondary N) is 1. The number of hydrogen-bond donors (Lipinski definition) is 1. The van der Waals surface area contributed by atoms with Gasteiger partial charge in [-0.1, -0.05) is 13.8 Å². The van der Waals surface area contributed by atoms with Gasteiger partial charge in [-0.15, -0.1) is 0 Å². The quantitative estimate of drug-likeness (QED) is 0.871. The molecule has 4 heteroatoms. The summed E-state index contributed by atoms with van der Waals surface area (Å²) >= 11 is 0. The van der Waals surface area contributed by atoms with E-state index in [2.05, 4.69) is 28.7 Å². The summed E-state index contributed by atoms with van der Waals surface area (Å²) in [5.41, 5.74) is 1.20. The van der Waals surface area contributed by atoms with Crippen molar-refractivity contribution >= 4 is 0 Å². The van der Waals surface area contributed by atoms with Gasteiger partial charge in [0, 0.05) is 26.1 Å². The maximum atomic E-state index is 5.97. The van der Waals surface area contributed by atoms with Crippen LogP contribution in [-0.4, -0.2) is 29.2 Å². The minimum atomic E-state index is 0.200. The first-order chi connectivity index (χ1) is 8.68. The van der Waals surface area contributed by atoms with Crippen LogP contribution in [-0.2, 0) is 11.8 Å². The summed E-state index contributed by atoms with van der Waals surface area (Å²) in [5, 5.41) is 3.56. The Hall–Kier alpha value is -0.870. The van der Waals surface area contributed by atoms with E-state index in [1.54, 1.807) is 0 Å². The third-order valence-electron chi connectivity index (χ3n) is 3.55. The zero-order valence-corrected chi connectivity index (χ0v) is 11.7. The molecule has 0 amide bonds. The lowest BCUT2D eigenvalue weighted by atomic mass is 9.92. The van der Waals surface area contributed by atoms with E-state index < -0.39 is 0 Å². The summed E-state index contributed by atoms with van der Waals surface area (Å²) in [4.78, 5) is 4.20. The zero-order valence-electron chi connectivity index (χ0n) is 11.7. The summed E-state index contributed by atoms with van der Waals surface area (Å²) < 4.78 is 8.05. The maximum Gasteiger partial charge on any atom is 0.103 e. The van der Waals surface area contributed by atoms with Crippen LogP contribution in [0.4, 0.5) is 0 Å². The van der Waals surface area contributed by atoms with Crippen LogP contribution in [0.15, 0.2) is 12.5 Å². The number of hydrogen-bond acceptors (Lipinski definition) is 3. The van der Waals surface area contributed by atoms with E-state index in [0.717, 1.165) is 19.7 Å². The SMILES string of the molecule is CC(C)CNCC1CCCOC1c1cncn1C. The Labute approximate surface area is 110 Å². The third-order valence-corrected chi connectivity index (χ3v) is 3.55. The fourth-order valence-electron chi connectivity index (χ4n) is 2.58. The van der Waals surface area contributed by atoms with Crippen molar-refractivity contribution < 1.29 is 4.74 Å². The zero-order chi connectivity index (χ0) is 13.0. The Kier molecular flexibility index (Phi) is 4.78. The largest absolute Gasteiger partial charge is 0.372 e. The van der Waals surface area contributed by atoms with E-state index in [1.165, 1.54) is 18.5 Å². The molecule has 0 aliphatic carbocycles. The highest BCUT2D eigenvalue weighted by Crippen LogP contribution is 2.32. The standard InChI is InChI=1S/C14H25N3O/c1-11(2)7-15-8-12-5-4-6-18-14(12)13-9-16-10-17(13)3/h9-12,14-15H,4-8H2,1-3H3. The van der Waals surface area contributed by atoms with Crippen LogP contribution in [0.5, 0.6) is 0 Å². The van der Waals surface area contributed by atoms with Crippen molar-refractivity contribution in [3.63, 3.8) is 0 Å². The second-order valence-electron chi connectivity index (χ2n) is 5.68. The van der Waals surface area contributed by atoms with Crippen molar-refractivity contribution in [2.24, 2.45) is 18.9 Å². The Morgan fingerprint density at radius 1 is 1.56 bits per heavy atom. The third kappa shape index (κ3) is 3.33. The van der Waals surface area contributed by atoms with Crippen LogP contribution in [0.3, 0.4) is 0 Å². The van der Waals surface area contributed by atoms with E-state index in [9.17, 15) is 0 Å². The van der Waals surface area contributed by atoms with Gasteiger partial charge in [0.2, 0.25) is 0 Å². The van der Waals surface area contributed by atoms with Gasteiger partial charge in [0.05, 0.1) is 18.2 Å². The smallest absolute Gasteiger partial charge is 0.103 e. The molecule has 1 aromatic rings.